The number of H-pyrrole nitrogens is 1. The van der Waals surface area contributed by atoms with Gasteiger partial charge in [-0.2, -0.15) is 31.4 Å². The topological polar surface area (TPSA) is 93.6 Å². The highest BCUT2D eigenvalue weighted by Gasteiger charge is 2.50. The molecule has 0 aromatic carbocycles. The number of aromatic nitrogens is 2. The number of halogens is 7. The Balaban J connectivity index is 2.51. The van der Waals surface area contributed by atoms with Crippen molar-refractivity contribution in [3.63, 3.8) is 0 Å². The fraction of sp³-hybridized carbons (Fsp3) is 0.692. The Labute approximate surface area is 159 Å². The van der Waals surface area contributed by atoms with Crippen molar-refractivity contribution in [3.05, 3.63) is 11.3 Å². The van der Waals surface area contributed by atoms with E-state index in [1.54, 1.807) is 5.10 Å². The lowest BCUT2D eigenvalue weighted by Crippen LogP contribution is -2.38. The lowest BCUT2D eigenvalue weighted by atomic mass is 10.1. The van der Waals surface area contributed by atoms with Gasteiger partial charge in [-0.15, -0.1) is 11.6 Å². The third kappa shape index (κ3) is 4.31. The molecule has 1 aromatic rings. The van der Waals surface area contributed by atoms with Crippen molar-refractivity contribution in [2.75, 3.05) is 6.61 Å². The first-order chi connectivity index (χ1) is 12.5. The predicted octanol–water partition coefficient (Wildman–Crippen LogP) is 3.58. The second-order valence-corrected chi connectivity index (χ2v) is 9.04. The molecule has 0 bridgehead atoms. The van der Waals surface area contributed by atoms with E-state index in [2.05, 4.69) is 15.0 Å². The molecule has 1 aliphatic heterocycles. The molecule has 1 N–H and O–H groups in total. The summed E-state index contributed by atoms with van der Waals surface area (Å²) in [5.41, 5.74) is -4.11. The van der Waals surface area contributed by atoms with Gasteiger partial charge in [-0.25, -0.2) is 13.5 Å². The molecule has 7 nitrogen and oxygen atoms in total. The monoisotopic (exact) mass is 457 g/mol. The summed E-state index contributed by atoms with van der Waals surface area (Å²) in [6, 6.07) is 0. The Hall–Kier alpha value is -1.70. The number of rotatable bonds is 4. The van der Waals surface area contributed by atoms with Crippen molar-refractivity contribution in [2.45, 2.75) is 49.4 Å². The zero-order chi connectivity index (χ0) is 21.7. The smallest absolute Gasteiger partial charge is 0.435 e. The minimum absolute atomic E-state index is 0.747. The molecule has 1 aliphatic rings. The average molecular weight is 458 g/mol. The number of hydrogen-bond donors (Lipinski definition) is 1. The molecule has 15 heteroatoms. The van der Waals surface area contributed by atoms with Crippen molar-refractivity contribution >= 4 is 26.5 Å². The zero-order valence-corrected chi connectivity index (χ0v) is 16.0. The Kier molecular flexibility index (Phi) is 5.62. The molecule has 2 atom stereocenters. The van der Waals surface area contributed by atoms with Crippen LogP contribution in [0.2, 0.25) is 0 Å². The van der Waals surface area contributed by atoms with E-state index in [1.807, 2.05) is 0 Å². The predicted molar refractivity (Wildman–Crippen MR) is 84.7 cm³/mol. The molecule has 0 amide bonds. The van der Waals surface area contributed by atoms with E-state index in [0.717, 1.165) is 6.92 Å². The van der Waals surface area contributed by atoms with Crippen LogP contribution < -0.4 is 4.74 Å². The number of alkyl halides is 7. The van der Waals surface area contributed by atoms with Gasteiger partial charge in [-0.05, 0) is 20.8 Å². The third-order valence-corrected chi connectivity index (χ3v) is 6.70. The number of aromatic amines is 1. The summed E-state index contributed by atoms with van der Waals surface area (Å²) in [5, 5.41) is 3.77. The first-order valence-corrected chi connectivity index (χ1v) is 9.46. The van der Waals surface area contributed by atoms with E-state index < -0.39 is 67.2 Å². The van der Waals surface area contributed by atoms with E-state index in [0.29, 0.717) is 0 Å². The molecule has 1 aromatic heterocycles. The third-order valence-electron chi connectivity index (χ3n) is 3.78. The quantitative estimate of drug-likeness (QED) is 0.551. The fourth-order valence-electron chi connectivity index (χ4n) is 2.28. The normalized spacial score (nSPS) is 21.2. The summed E-state index contributed by atoms with van der Waals surface area (Å²) in [4.78, 5) is 4.89. The van der Waals surface area contributed by atoms with Gasteiger partial charge < -0.3 is 9.57 Å². The van der Waals surface area contributed by atoms with Crippen molar-refractivity contribution in [1.82, 2.24) is 10.2 Å². The summed E-state index contributed by atoms with van der Waals surface area (Å²) < 4.78 is 107. The average Bonchev–Trinajstić information content (AvgIpc) is 3.05. The highest BCUT2D eigenvalue weighted by atomic mass is 35.5. The van der Waals surface area contributed by atoms with Crippen LogP contribution >= 0.6 is 11.6 Å². The van der Waals surface area contributed by atoms with Gasteiger partial charge in [0.1, 0.15) is 5.38 Å². The van der Waals surface area contributed by atoms with Gasteiger partial charge in [0.15, 0.2) is 22.9 Å². The van der Waals surface area contributed by atoms with Crippen LogP contribution in [0.4, 0.5) is 26.3 Å². The van der Waals surface area contributed by atoms with E-state index >= 15 is 0 Å². The van der Waals surface area contributed by atoms with Crippen LogP contribution in [0.15, 0.2) is 5.16 Å². The molecular weight excluding hydrogens is 444 g/mol. The van der Waals surface area contributed by atoms with Crippen molar-refractivity contribution in [2.24, 2.45) is 5.16 Å². The number of sulfone groups is 1. The molecular formula is C13H14ClF6N3O4S. The standard InChI is InChI=1S/C13H14ClF6N3O4S/c1-5(28(24,25)10-7(14)11(2,3)27-23-10)6-8(13(18,19)20)21-22-9(6)26-4-12(15,16)17/h5,7H,4H2,1-3H3,(H,21,22). The van der Waals surface area contributed by atoms with E-state index in [-0.39, 0.29) is 0 Å². The highest BCUT2D eigenvalue weighted by Crippen LogP contribution is 2.42. The van der Waals surface area contributed by atoms with E-state index in [1.165, 1.54) is 13.8 Å². The summed E-state index contributed by atoms with van der Waals surface area (Å²) in [6.45, 7) is 1.67. The molecule has 0 fully saturated rings. The maximum atomic E-state index is 13.2. The van der Waals surface area contributed by atoms with Gasteiger partial charge >= 0.3 is 12.4 Å². The van der Waals surface area contributed by atoms with Crippen LogP contribution in [0.5, 0.6) is 5.88 Å². The summed E-state index contributed by atoms with van der Waals surface area (Å²) in [5.74, 6) is -1.08. The fourth-order valence-corrected chi connectivity index (χ4v) is 4.33. The Morgan fingerprint density at radius 3 is 2.29 bits per heavy atom. The van der Waals surface area contributed by atoms with E-state index in [4.69, 9.17) is 16.4 Å². The minimum atomic E-state index is -5.16. The van der Waals surface area contributed by atoms with Crippen molar-refractivity contribution in [1.29, 1.82) is 0 Å². The molecule has 0 saturated carbocycles. The Morgan fingerprint density at radius 1 is 1.29 bits per heavy atom. The van der Waals surface area contributed by atoms with Crippen LogP contribution in [0, 0.1) is 0 Å². The summed E-state index contributed by atoms with van der Waals surface area (Å²) >= 11 is 5.99. The number of ether oxygens (including phenoxy) is 1. The van der Waals surface area contributed by atoms with Crippen LogP contribution in [-0.2, 0) is 20.9 Å². The van der Waals surface area contributed by atoms with Gasteiger partial charge in [0.25, 0.3) is 0 Å². The molecule has 0 aliphatic carbocycles. The molecule has 28 heavy (non-hydrogen) atoms. The van der Waals surface area contributed by atoms with Crippen LogP contribution in [0.3, 0.4) is 0 Å². The summed E-state index contributed by atoms with van der Waals surface area (Å²) in [7, 11) is -4.67. The SMILES string of the molecule is CC(c1c(C(F)(F)F)n[nH]c1OCC(F)(F)F)S(=O)(=O)C1=NOC(C)(C)C1Cl. The van der Waals surface area contributed by atoms with Crippen molar-refractivity contribution in [3.8, 4) is 5.88 Å². The van der Waals surface area contributed by atoms with Gasteiger partial charge in [-0.3, -0.25) is 0 Å². The van der Waals surface area contributed by atoms with Gasteiger partial charge in [0.2, 0.25) is 15.7 Å². The maximum Gasteiger partial charge on any atom is 0.435 e. The van der Waals surface area contributed by atoms with Crippen LogP contribution in [0.25, 0.3) is 0 Å². The second kappa shape index (κ2) is 6.97. The zero-order valence-electron chi connectivity index (χ0n) is 14.4. The number of nitrogens with one attached hydrogen (secondary N) is 1. The molecule has 2 heterocycles. The Bertz CT molecular complexity index is 878. The molecule has 0 saturated heterocycles. The van der Waals surface area contributed by atoms with Crippen molar-refractivity contribution < 1.29 is 44.3 Å². The molecule has 0 spiro atoms. The second-order valence-electron chi connectivity index (χ2n) is 6.39. The first-order valence-electron chi connectivity index (χ1n) is 7.47. The molecule has 2 unspecified atom stereocenters. The van der Waals surface area contributed by atoms with E-state index in [9.17, 15) is 34.8 Å². The lowest BCUT2D eigenvalue weighted by molar-refractivity contribution is -0.154. The van der Waals surface area contributed by atoms with Gasteiger partial charge in [0.05, 0.1) is 10.8 Å². The molecule has 2 rings (SSSR count). The number of nitrogens with zero attached hydrogens (tertiary/aromatic N) is 2. The highest BCUT2D eigenvalue weighted by molar-refractivity contribution is 8.06. The molecule has 0 radical (unpaired) electrons. The molecule has 160 valence electrons. The van der Waals surface area contributed by atoms with Crippen LogP contribution in [0.1, 0.15) is 37.3 Å². The number of hydrogen-bond acceptors (Lipinski definition) is 6. The first kappa shape index (κ1) is 22.6. The summed E-state index contributed by atoms with van der Waals surface area (Å²) in [6.07, 6.45) is -10.0. The number of oxime groups is 1. The Morgan fingerprint density at radius 2 is 1.86 bits per heavy atom. The van der Waals surface area contributed by atoms with Gasteiger partial charge in [-0.1, -0.05) is 5.16 Å². The lowest BCUT2D eigenvalue weighted by Gasteiger charge is -2.21. The largest absolute Gasteiger partial charge is 0.468 e. The van der Waals surface area contributed by atoms with Gasteiger partial charge in [0, 0.05) is 0 Å². The maximum absolute atomic E-state index is 13.2. The van der Waals surface area contributed by atoms with Crippen LogP contribution in [-0.4, -0.2) is 47.4 Å². The minimum Gasteiger partial charge on any atom is -0.468 e.